The fourth-order valence-corrected chi connectivity index (χ4v) is 3.63. The number of amides is 1. The Kier molecular flexibility index (Phi) is 4.87. The highest BCUT2D eigenvalue weighted by Crippen LogP contribution is 2.26. The van der Waals surface area contributed by atoms with Crippen LogP contribution in [0, 0.1) is 6.92 Å². The minimum Gasteiger partial charge on any atom is -0.485 e. The van der Waals surface area contributed by atoms with Crippen molar-refractivity contribution < 1.29 is 18.5 Å². The van der Waals surface area contributed by atoms with E-state index in [-0.39, 0.29) is 24.2 Å². The summed E-state index contributed by atoms with van der Waals surface area (Å²) in [5.74, 6) is 1.61. The Balaban J connectivity index is 1.41. The number of ether oxygens (including phenoxy) is 1. The number of nitrogens with zero attached hydrogens (tertiary/aromatic N) is 3. The molecular weight excluding hydrogens is 378 g/mol. The fraction of sp³-hybridized carbons (Fsp3) is 0.250. The van der Waals surface area contributed by atoms with Crippen molar-refractivity contribution in [1.29, 1.82) is 0 Å². The number of benzene rings is 1. The summed E-state index contributed by atoms with van der Waals surface area (Å²) >= 11 is 1.64. The molecule has 7 nitrogen and oxygen atoms in total. The van der Waals surface area contributed by atoms with Gasteiger partial charge in [-0.3, -0.25) is 4.79 Å². The van der Waals surface area contributed by atoms with Crippen LogP contribution in [0.25, 0.3) is 10.2 Å². The number of carbonyl (C=O) groups excluding carboxylic acids is 1. The maximum atomic E-state index is 12.6. The molecule has 0 N–H and O–H groups in total. The number of thiazole rings is 1. The van der Waals surface area contributed by atoms with Crippen LogP contribution in [0.15, 0.2) is 51.6 Å². The fourth-order valence-electron chi connectivity index (χ4n) is 2.82. The first kappa shape index (κ1) is 18.2. The highest BCUT2D eigenvalue weighted by molar-refractivity contribution is 7.18. The van der Waals surface area contributed by atoms with Crippen molar-refractivity contribution in [3.63, 3.8) is 0 Å². The van der Waals surface area contributed by atoms with Crippen LogP contribution in [-0.2, 0) is 6.61 Å². The van der Waals surface area contributed by atoms with E-state index in [4.69, 9.17) is 13.7 Å². The molecule has 0 bridgehead atoms. The normalized spacial score (nSPS) is 12.2. The van der Waals surface area contributed by atoms with Gasteiger partial charge in [0.25, 0.3) is 5.91 Å². The van der Waals surface area contributed by atoms with Crippen LogP contribution in [0.4, 0.5) is 0 Å². The van der Waals surface area contributed by atoms with Crippen molar-refractivity contribution >= 4 is 27.5 Å². The SMILES string of the molecule is Cc1nc2cc(OCc3cc(C(=O)N(C)[C@H](C)c4ccco4)no3)ccc2s1. The highest BCUT2D eigenvalue weighted by Gasteiger charge is 2.23. The largest absolute Gasteiger partial charge is 0.485 e. The summed E-state index contributed by atoms with van der Waals surface area (Å²) in [5.41, 5.74) is 1.13. The van der Waals surface area contributed by atoms with E-state index in [1.54, 1.807) is 41.7 Å². The Morgan fingerprint density at radius 2 is 2.18 bits per heavy atom. The zero-order chi connectivity index (χ0) is 19.7. The number of carbonyl (C=O) groups is 1. The van der Waals surface area contributed by atoms with Crippen LogP contribution in [0.3, 0.4) is 0 Å². The smallest absolute Gasteiger partial charge is 0.276 e. The Hall–Kier alpha value is -3.13. The van der Waals surface area contributed by atoms with E-state index in [1.165, 1.54) is 0 Å². The average Bonchev–Trinajstić information content (AvgIpc) is 3.43. The molecule has 3 aromatic heterocycles. The minimum atomic E-state index is -0.252. The number of aromatic nitrogens is 2. The van der Waals surface area contributed by atoms with Gasteiger partial charge in [0.2, 0.25) is 0 Å². The molecule has 3 heterocycles. The molecule has 144 valence electrons. The van der Waals surface area contributed by atoms with Gasteiger partial charge in [-0.05, 0) is 38.1 Å². The van der Waals surface area contributed by atoms with E-state index in [2.05, 4.69) is 10.1 Å². The molecule has 0 aliphatic heterocycles. The van der Waals surface area contributed by atoms with Crippen molar-refractivity contribution in [3.8, 4) is 5.75 Å². The summed E-state index contributed by atoms with van der Waals surface area (Å²) in [4.78, 5) is 18.6. The molecule has 0 aliphatic rings. The van der Waals surface area contributed by atoms with E-state index >= 15 is 0 Å². The number of rotatable bonds is 6. The summed E-state index contributed by atoms with van der Waals surface area (Å²) in [6.07, 6.45) is 1.58. The lowest BCUT2D eigenvalue weighted by Crippen LogP contribution is -2.29. The lowest BCUT2D eigenvalue weighted by molar-refractivity contribution is 0.0715. The average molecular weight is 397 g/mol. The quantitative estimate of drug-likeness (QED) is 0.473. The standard InChI is InChI=1S/C20H19N3O4S/c1-12(18-5-4-8-25-18)23(3)20(24)17-10-15(27-22-17)11-26-14-6-7-19-16(9-14)21-13(2)28-19/h4-10,12H,11H2,1-3H3/t12-/m1/s1. The first-order valence-corrected chi connectivity index (χ1v) is 9.59. The molecule has 1 atom stereocenters. The van der Waals surface area contributed by atoms with Crippen molar-refractivity contribution in [2.75, 3.05) is 7.05 Å². The van der Waals surface area contributed by atoms with Crippen molar-refractivity contribution in [2.45, 2.75) is 26.5 Å². The topological polar surface area (TPSA) is 81.6 Å². The monoisotopic (exact) mass is 397 g/mol. The Bertz CT molecular complexity index is 1100. The molecule has 0 spiro atoms. The third kappa shape index (κ3) is 3.63. The van der Waals surface area contributed by atoms with Crippen molar-refractivity contribution in [3.05, 3.63) is 64.9 Å². The summed E-state index contributed by atoms with van der Waals surface area (Å²) in [7, 11) is 1.70. The first-order valence-electron chi connectivity index (χ1n) is 8.77. The maximum Gasteiger partial charge on any atom is 0.276 e. The molecule has 4 rings (SSSR count). The second-order valence-electron chi connectivity index (χ2n) is 6.44. The summed E-state index contributed by atoms with van der Waals surface area (Å²) in [6.45, 7) is 4.03. The van der Waals surface area contributed by atoms with Gasteiger partial charge in [-0.1, -0.05) is 5.16 Å². The van der Waals surface area contributed by atoms with Crippen LogP contribution in [0.1, 0.15) is 40.0 Å². The van der Waals surface area contributed by atoms with Gasteiger partial charge in [-0.15, -0.1) is 11.3 Å². The number of hydrogen-bond donors (Lipinski definition) is 0. The maximum absolute atomic E-state index is 12.6. The number of hydrogen-bond acceptors (Lipinski definition) is 7. The van der Waals surface area contributed by atoms with Gasteiger partial charge in [-0.2, -0.15) is 0 Å². The minimum absolute atomic E-state index is 0.173. The first-order chi connectivity index (χ1) is 13.5. The zero-order valence-corrected chi connectivity index (χ0v) is 16.5. The Labute approximate surface area is 165 Å². The lowest BCUT2D eigenvalue weighted by Gasteiger charge is -2.21. The Morgan fingerprint density at radius 1 is 1.32 bits per heavy atom. The van der Waals surface area contributed by atoms with Gasteiger partial charge >= 0.3 is 0 Å². The van der Waals surface area contributed by atoms with Gasteiger partial charge in [0.15, 0.2) is 11.5 Å². The van der Waals surface area contributed by atoms with Crippen LogP contribution in [-0.4, -0.2) is 28.0 Å². The summed E-state index contributed by atoms with van der Waals surface area (Å²) < 4.78 is 17.5. The van der Waals surface area contributed by atoms with Gasteiger partial charge in [-0.25, -0.2) is 4.98 Å². The predicted octanol–water partition coefficient (Wildman–Crippen LogP) is 4.60. The predicted molar refractivity (Wildman–Crippen MR) is 104 cm³/mol. The molecular formula is C20H19N3O4S. The van der Waals surface area contributed by atoms with E-state index in [0.29, 0.717) is 17.3 Å². The summed E-state index contributed by atoms with van der Waals surface area (Å²) in [6, 6.07) is 10.8. The van der Waals surface area contributed by atoms with Crippen LogP contribution in [0.5, 0.6) is 5.75 Å². The van der Waals surface area contributed by atoms with Crippen LogP contribution < -0.4 is 4.74 Å². The van der Waals surface area contributed by atoms with Crippen LogP contribution in [0.2, 0.25) is 0 Å². The van der Waals surface area contributed by atoms with E-state index < -0.39 is 0 Å². The van der Waals surface area contributed by atoms with E-state index in [1.807, 2.05) is 38.1 Å². The Morgan fingerprint density at radius 3 is 2.96 bits per heavy atom. The number of fused-ring (bicyclic) bond motifs is 1. The molecule has 0 aliphatic carbocycles. The molecule has 8 heteroatoms. The van der Waals surface area contributed by atoms with Crippen LogP contribution >= 0.6 is 11.3 Å². The third-order valence-electron chi connectivity index (χ3n) is 4.48. The van der Waals surface area contributed by atoms with E-state index in [0.717, 1.165) is 15.2 Å². The van der Waals surface area contributed by atoms with Gasteiger partial charge in [0.05, 0.1) is 27.5 Å². The molecule has 0 unspecified atom stereocenters. The van der Waals surface area contributed by atoms with Gasteiger partial charge in [0.1, 0.15) is 18.1 Å². The number of aryl methyl sites for hydroxylation is 1. The second-order valence-corrected chi connectivity index (χ2v) is 7.67. The molecule has 0 fully saturated rings. The molecule has 1 aromatic carbocycles. The third-order valence-corrected chi connectivity index (χ3v) is 5.43. The van der Waals surface area contributed by atoms with Gasteiger partial charge in [0, 0.05) is 19.2 Å². The molecule has 4 aromatic rings. The molecule has 0 saturated carbocycles. The lowest BCUT2D eigenvalue weighted by atomic mass is 10.2. The summed E-state index contributed by atoms with van der Waals surface area (Å²) in [5, 5.41) is 4.89. The second kappa shape index (κ2) is 7.47. The molecule has 0 saturated heterocycles. The molecule has 1 amide bonds. The molecule has 28 heavy (non-hydrogen) atoms. The van der Waals surface area contributed by atoms with Crippen molar-refractivity contribution in [2.24, 2.45) is 0 Å². The van der Waals surface area contributed by atoms with Gasteiger partial charge < -0.3 is 18.6 Å². The van der Waals surface area contributed by atoms with Crippen molar-refractivity contribution in [1.82, 2.24) is 15.0 Å². The van der Waals surface area contributed by atoms with E-state index in [9.17, 15) is 4.79 Å². The number of furan rings is 1. The molecule has 0 radical (unpaired) electrons. The zero-order valence-electron chi connectivity index (χ0n) is 15.7. The highest BCUT2D eigenvalue weighted by atomic mass is 32.1.